The fourth-order valence-corrected chi connectivity index (χ4v) is 4.38. The normalized spacial score (nSPS) is 13.9. The lowest BCUT2D eigenvalue weighted by Crippen LogP contribution is -2.58. The Morgan fingerprint density at radius 3 is 2.15 bits per heavy atom. The van der Waals surface area contributed by atoms with E-state index in [1.165, 1.54) is 11.8 Å². The van der Waals surface area contributed by atoms with Crippen molar-refractivity contribution >= 4 is 58.2 Å². The summed E-state index contributed by atoms with van der Waals surface area (Å²) in [4.78, 5) is 76.5. The number of nitrogens with one attached hydrogen (secondary N) is 4. The van der Waals surface area contributed by atoms with E-state index < -0.39 is 66.1 Å². The zero-order chi connectivity index (χ0) is 29.8. The number of amides is 5. The number of hydrogen-bond donors (Lipinski definition) is 8. The van der Waals surface area contributed by atoms with Gasteiger partial charge >= 0.3 is 5.97 Å². The molecule has 0 aliphatic heterocycles. The number of carbonyl (C=O) groups excluding carboxylic acids is 5. The lowest BCUT2D eigenvalue weighted by Gasteiger charge is -2.25. The topological polar surface area (TPSA) is 253 Å². The summed E-state index contributed by atoms with van der Waals surface area (Å²) in [6.45, 7) is 0. The lowest BCUT2D eigenvalue weighted by molar-refractivity contribution is -0.144. The van der Waals surface area contributed by atoms with Crippen molar-refractivity contribution in [2.75, 3.05) is 12.0 Å². The predicted molar refractivity (Wildman–Crippen MR) is 149 cm³/mol. The van der Waals surface area contributed by atoms with E-state index in [-0.39, 0.29) is 19.3 Å². The second kappa shape index (κ2) is 15.5. The Hall–Kier alpha value is -4.11. The summed E-state index contributed by atoms with van der Waals surface area (Å²) >= 11 is 1.51. The Morgan fingerprint density at radius 1 is 0.900 bits per heavy atom. The molecular weight excluding hydrogens is 542 g/mol. The maximum atomic E-state index is 13.5. The average molecular weight is 578 g/mol. The van der Waals surface area contributed by atoms with Gasteiger partial charge in [0.2, 0.25) is 29.5 Å². The Labute approximate surface area is 234 Å². The van der Waals surface area contributed by atoms with Gasteiger partial charge in [-0.05, 0) is 36.5 Å². The van der Waals surface area contributed by atoms with Gasteiger partial charge in [-0.3, -0.25) is 24.0 Å². The van der Waals surface area contributed by atoms with Gasteiger partial charge in [-0.25, -0.2) is 4.79 Å². The number of aromatic nitrogens is 1. The van der Waals surface area contributed by atoms with Crippen LogP contribution in [0.15, 0.2) is 30.5 Å². The van der Waals surface area contributed by atoms with Gasteiger partial charge in [0.1, 0.15) is 18.1 Å². The van der Waals surface area contributed by atoms with Gasteiger partial charge in [0.15, 0.2) is 0 Å². The van der Waals surface area contributed by atoms with E-state index in [2.05, 4.69) is 20.9 Å². The Kier molecular flexibility index (Phi) is 12.4. The first-order valence-electron chi connectivity index (χ1n) is 12.4. The summed E-state index contributed by atoms with van der Waals surface area (Å²) in [7, 11) is 0. The van der Waals surface area contributed by atoms with Gasteiger partial charge in [0, 0.05) is 29.9 Å². The number of aromatic amines is 1. The molecule has 15 heteroatoms. The number of aliphatic carboxylic acids is 1. The van der Waals surface area contributed by atoms with Crippen LogP contribution in [0.3, 0.4) is 0 Å². The van der Waals surface area contributed by atoms with Crippen molar-refractivity contribution in [3.05, 3.63) is 36.0 Å². The molecule has 14 nitrogen and oxygen atoms in total. The minimum absolute atomic E-state index is 0.0282. The van der Waals surface area contributed by atoms with Crippen molar-refractivity contribution in [1.29, 1.82) is 0 Å². The lowest BCUT2D eigenvalue weighted by atomic mass is 10.0. The molecule has 11 N–H and O–H groups in total. The van der Waals surface area contributed by atoms with E-state index in [9.17, 15) is 33.9 Å². The molecule has 0 radical (unpaired) electrons. The summed E-state index contributed by atoms with van der Waals surface area (Å²) < 4.78 is 0. The van der Waals surface area contributed by atoms with Crippen molar-refractivity contribution in [3.8, 4) is 0 Å². The van der Waals surface area contributed by atoms with E-state index in [1.807, 2.05) is 30.5 Å². The van der Waals surface area contributed by atoms with E-state index in [4.69, 9.17) is 17.2 Å². The largest absolute Gasteiger partial charge is 0.480 e. The summed E-state index contributed by atoms with van der Waals surface area (Å²) in [5, 5.41) is 17.4. The monoisotopic (exact) mass is 577 g/mol. The van der Waals surface area contributed by atoms with Crippen LogP contribution in [0.2, 0.25) is 0 Å². The smallest absolute Gasteiger partial charge is 0.326 e. The molecule has 0 aliphatic carbocycles. The molecule has 0 saturated heterocycles. The van der Waals surface area contributed by atoms with Crippen LogP contribution in [0.5, 0.6) is 0 Å². The van der Waals surface area contributed by atoms with E-state index in [0.29, 0.717) is 17.7 Å². The Morgan fingerprint density at radius 2 is 1.52 bits per heavy atom. The number of rotatable bonds is 17. The van der Waals surface area contributed by atoms with Crippen LogP contribution in [0.25, 0.3) is 10.9 Å². The van der Waals surface area contributed by atoms with Gasteiger partial charge in [0.05, 0.1) is 12.5 Å². The molecule has 40 heavy (non-hydrogen) atoms. The first-order valence-corrected chi connectivity index (χ1v) is 13.8. The molecule has 2 aromatic rings. The van der Waals surface area contributed by atoms with Gasteiger partial charge in [0.25, 0.3) is 0 Å². The van der Waals surface area contributed by atoms with Crippen molar-refractivity contribution in [1.82, 2.24) is 20.9 Å². The molecule has 5 amide bonds. The molecule has 1 aromatic carbocycles. The molecule has 0 bridgehead atoms. The van der Waals surface area contributed by atoms with Gasteiger partial charge in [-0.2, -0.15) is 11.8 Å². The highest BCUT2D eigenvalue weighted by Gasteiger charge is 2.31. The van der Waals surface area contributed by atoms with Crippen LogP contribution >= 0.6 is 11.8 Å². The number of primary amides is 2. The minimum atomic E-state index is -1.66. The third-order valence-electron chi connectivity index (χ3n) is 6.03. The van der Waals surface area contributed by atoms with E-state index in [1.54, 1.807) is 6.20 Å². The average Bonchev–Trinajstić information content (AvgIpc) is 3.30. The SMILES string of the molecule is CSCCC(N)C(=O)NC(Cc1c[nH]c2ccccc12)C(=O)NC(CCC(N)=O)C(=O)NC(CC(N)=O)C(=O)O. The predicted octanol–water partition coefficient (Wildman–Crippen LogP) is -1.53. The highest BCUT2D eigenvalue weighted by molar-refractivity contribution is 7.98. The molecule has 0 aliphatic rings. The number of H-pyrrole nitrogens is 1. The number of benzene rings is 1. The van der Waals surface area contributed by atoms with E-state index >= 15 is 0 Å². The van der Waals surface area contributed by atoms with Crippen LogP contribution in [0.4, 0.5) is 0 Å². The van der Waals surface area contributed by atoms with Crippen LogP contribution in [-0.2, 0) is 35.2 Å². The number of carboxylic acids is 1. The summed E-state index contributed by atoms with van der Waals surface area (Å²) in [6, 6.07) is 2.21. The molecule has 0 spiro atoms. The second-order valence-electron chi connectivity index (χ2n) is 9.15. The molecule has 2 rings (SSSR count). The van der Waals surface area contributed by atoms with Crippen molar-refractivity contribution in [2.24, 2.45) is 17.2 Å². The summed E-state index contributed by atoms with van der Waals surface area (Å²) in [5.41, 5.74) is 17.8. The first kappa shape index (κ1) is 32.1. The summed E-state index contributed by atoms with van der Waals surface area (Å²) in [6.07, 6.45) is 2.69. The van der Waals surface area contributed by atoms with Gasteiger partial charge < -0.3 is 43.2 Å². The minimum Gasteiger partial charge on any atom is -0.480 e. The van der Waals surface area contributed by atoms with E-state index in [0.717, 1.165) is 10.9 Å². The maximum Gasteiger partial charge on any atom is 0.326 e. The number of fused-ring (bicyclic) bond motifs is 1. The third-order valence-corrected chi connectivity index (χ3v) is 6.68. The molecule has 1 aromatic heterocycles. The molecule has 1 heterocycles. The van der Waals surface area contributed by atoms with Crippen LogP contribution in [0.1, 0.15) is 31.2 Å². The molecular formula is C25H35N7O7S. The fourth-order valence-electron chi connectivity index (χ4n) is 3.89. The Bertz CT molecular complexity index is 1240. The number of para-hydroxylation sites is 1. The molecule has 4 unspecified atom stereocenters. The first-order chi connectivity index (χ1) is 18.9. The number of carbonyl (C=O) groups is 6. The molecule has 218 valence electrons. The zero-order valence-electron chi connectivity index (χ0n) is 22.0. The van der Waals surface area contributed by atoms with Crippen LogP contribution in [0, 0.1) is 0 Å². The molecule has 0 saturated carbocycles. The Balaban J connectivity index is 2.31. The highest BCUT2D eigenvalue weighted by atomic mass is 32.2. The maximum absolute atomic E-state index is 13.5. The van der Waals surface area contributed by atoms with Gasteiger partial charge in [-0.15, -0.1) is 0 Å². The second-order valence-corrected chi connectivity index (χ2v) is 10.1. The van der Waals surface area contributed by atoms with Crippen molar-refractivity contribution in [3.63, 3.8) is 0 Å². The summed E-state index contributed by atoms with van der Waals surface area (Å²) in [5.74, 6) is -4.94. The van der Waals surface area contributed by atoms with Crippen molar-refractivity contribution in [2.45, 2.75) is 56.3 Å². The third kappa shape index (κ3) is 9.89. The van der Waals surface area contributed by atoms with Gasteiger partial charge in [-0.1, -0.05) is 18.2 Å². The number of hydrogen-bond acceptors (Lipinski definition) is 8. The molecule has 4 atom stereocenters. The van der Waals surface area contributed by atoms with Crippen LogP contribution < -0.4 is 33.2 Å². The molecule has 0 fully saturated rings. The van der Waals surface area contributed by atoms with Crippen LogP contribution in [-0.4, -0.2) is 81.8 Å². The van der Waals surface area contributed by atoms with Crippen molar-refractivity contribution < 1.29 is 33.9 Å². The quantitative estimate of drug-likeness (QED) is 0.108. The number of nitrogens with two attached hydrogens (primary N) is 3. The number of thioether (sulfide) groups is 1. The fraction of sp³-hybridized carbons (Fsp3) is 0.440. The highest BCUT2D eigenvalue weighted by Crippen LogP contribution is 2.19. The zero-order valence-corrected chi connectivity index (χ0v) is 22.8. The number of carboxylic acid groups (broad SMARTS) is 1. The standard InChI is InChI=1S/C25H35N7O7S/c1-40-9-8-15(26)22(35)31-18(10-13-12-29-16-5-3-2-4-14(13)16)24(37)30-17(6-7-20(27)33)23(36)32-19(25(38)39)11-21(28)34/h2-5,12,15,17-19,29H,6-11,26H2,1H3,(H2,27,33)(H2,28,34)(H,30,37)(H,31,35)(H,32,36)(H,38,39).